The Hall–Kier alpha value is -1.88. The van der Waals surface area contributed by atoms with Crippen molar-refractivity contribution in [3.8, 4) is 0 Å². The van der Waals surface area contributed by atoms with Crippen LogP contribution in [0.4, 0.5) is 5.69 Å². The number of carbonyl (C=O) groups is 2. The molecule has 2 atom stereocenters. The standard InChI is InChI=1S/C15H17NO4/c17-14(13-7-3-4-8-20-13)16-9-11(15(18)19)10-5-1-2-6-12(10)16/h1-2,5-6,11,13H,3-4,7-9H2,(H,18,19)/t11-,13+/m0/s1. The second-order valence-electron chi connectivity index (χ2n) is 5.25. The zero-order chi connectivity index (χ0) is 14.1. The third kappa shape index (κ3) is 2.18. The number of para-hydroxylation sites is 1. The van der Waals surface area contributed by atoms with Crippen molar-refractivity contribution in [2.24, 2.45) is 0 Å². The maximum atomic E-state index is 12.5. The monoisotopic (exact) mass is 275 g/mol. The molecule has 0 aromatic heterocycles. The van der Waals surface area contributed by atoms with Crippen LogP contribution >= 0.6 is 0 Å². The molecular formula is C15H17NO4. The average Bonchev–Trinajstić information content (AvgIpc) is 2.87. The van der Waals surface area contributed by atoms with Crippen LogP contribution in [0, 0.1) is 0 Å². The van der Waals surface area contributed by atoms with Gasteiger partial charge in [-0.25, -0.2) is 0 Å². The number of amides is 1. The predicted octanol–water partition coefficient (Wildman–Crippen LogP) is 1.77. The molecule has 20 heavy (non-hydrogen) atoms. The minimum atomic E-state index is -0.891. The lowest BCUT2D eigenvalue weighted by molar-refractivity contribution is -0.138. The maximum absolute atomic E-state index is 12.5. The van der Waals surface area contributed by atoms with Gasteiger partial charge in [0.05, 0.1) is 0 Å². The molecule has 1 aromatic carbocycles. The highest BCUT2D eigenvalue weighted by Gasteiger charge is 2.39. The fourth-order valence-electron chi connectivity index (χ4n) is 2.94. The Bertz CT molecular complexity index is 536. The molecule has 0 radical (unpaired) electrons. The number of aliphatic carboxylic acids is 1. The number of nitrogens with zero attached hydrogens (tertiary/aromatic N) is 1. The van der Waals surface area contributed by atoms with Gasteiger partial charge in [0.15, 0.2) is 0 Å². The van der Waals surface area contributed by atoms with Gasteiger partial charge in [-0.05, 0) is 30.9 Å². The summed E-state index contributed by atoms with van der Waals surface area (Å²) in [6, 6.07) is 7.22. The van der Waals surface area contributed by atoms with Gasteiger partial charge in [-0.15, -0.1) is 0 Å². The molecular weight excluding hydrogens is 258 g/mol. The number of hydrogen-bond donors (Lipinski definition) is 1. The first-order chi connectivity index (χ1) is 9.68. The predicted molar refractivity (Wildman–Crippen MR) is 72.8 cm³/mol. The smallest absolute Gasteiger partial charge is 0.312 e. The van der Waals surface area contributed by atoms with E-state index in [0.717, 1.165) is 19.3 Å². The van der Waals surface area contributed by atoms with Crippen LogP contribution in [0.2, 0.25) is 0 Å². The molecule has 0 bridgehead atoms. The van der Waals surface area contributed by atoms with Crippen molar-refractivity contribution in [1.29, 1.82) is 0 Å². The molecule has 106 valence electrons. The molecule has 5 nitrogen and oxygen atoms in total. The third-order valence-corrected chi connectivity index (χ3v) is 3.99. The largest absolute Gasteiger partial charge is 0.481 e. The van der Waals surface area contributed by atoms with E-state index >= 15 is 0 Å². The molecule has 1 saturated heterocycles. The third-order valence-electron chi connectivity index (χ3n) is 3.99. The molecule has 0 saturated carbocycles. The average molecular weight is 275 g/mol. The topological polar surface area (TPSA) is 66.8 Å². The van der Waals surface area contributed by atoms with Crippen molar-refractivity contribution in [3.05, 3.63) is 29.8 Å². The van der Waals surface area contributed by atoms with Crippen LogP contribution in [0.15, 0.2) is 24.3 Å². The van der Waals surface area contributed by atoms with E-state index < -0.39 is 18.0 Å². The number of anilines is 1. The molecule has 2 aliphatic rings. The molecule has 0 spiro atoms. The van der Waals surface area contributed by atoms with E-state index in [4.69, 9.17) is 4.74 Å². The fourth-order valence-corrected chi connectivity index (χ4v) is 2.94. The van der Waals surface area contributed by atoms with Crippen LogP contribution in [0.1, 0.15) is 30.7 Å². The molecule has 0 unspecified atom stereocenters. The zero-order valence-corrected chi connectivity index (χ0v) is 11.1. The van der Waals surface area contributed by atoms with Crippen LogP contribution in [0.25, 0.3) is 0 Å². The van der Waals surface area contributed by atoms with Crippen LogP contribution in [-0.4, -0.2) is 36.2 Å². The molecule has 5 heteroatoms. The lowest BCUT2D eigenvalue weighted by Crippen LogP contribution is -2.41. The molecule has 1 aromatic rings. The number of carbonyl (C=O) groups excluding carboxylic acids is 1. The number of benzene rings is 1. The fraction of sp³-hybridized carbons (Fsp3) is 0.467. The van der Waals surface area contributed by atoms with Gasteiger partial charge in [0, 0.05) is 18.8 Å². The summed E-state index contributed by atoms with van der Waals surface area (Å²) in [5, 5.41) is 9.30. The van der Waals surface area contributed by atoms with E-state index in [0.29, 0.717) is 17.9 Å². The second kappa shape index (κ2) is 5.25. The molecule has 1 amide bonds. The maximum Gasteiger partial charge on any atom is 0.312 e. The van der Waals surface area contributed by atoms with Gasteiger partial charge in [0.1, 0.15) is 12.0 Å². The summed E-state index contributed by atoms with van der Waals surface area (Å²) >= 11 is 0. The number of fused-ring (bicyclic) bond motifs is 1. The van der Waals surface area contributed by atoms with E-state index in [9.17, 15) is 14.7 Å². The normalized spacial score (nSPS) is 25.3. The van der Waals surface area contributed by atoms with Crippen LogP contribution < -0.4 is 4.90 Å². The SMILES string of the molecule is O=C(O)[C@H]1CN(C(=O)[C@H]2CCCCO2)c2ccccc21. The molecule has 1 fully saturated rings. The molecule has 2 heterocycles. The van der Waals surface area contributed by atoms with Gasteiger partial charge in [-0.1, -0.05) is 18.2 Å². The van der Waals surface area contributed by atoms with Gasteiger partial charge >= 0.3 is 5.97 Å². The minimum Gasteiger partial charge on any atom is -0.481 e. The Labute approximate surface area is 117 Å². The number of hydrogen-bond acceptors (Lipinski definition) is 3. The Morgan fingerprint density at radius 1 is 1.25 bits per heavy atom. The number of rotatable bonds is 2. The lowest BCUT2D eigenvalue weighted by atomic mass is 10.0. The molecule has 0 aliphatic carbocycles. The lowest BCUT2D eigenvalue weighted by Gasteiger charge is -2.27. The Morgan fingerprint density at radius 3 is 2.75 bits per heavy atom. The van der Waals surface area contributed by atoms with Crippen LogP contribution in [0.5, 0.6) is 0 Å². The van der Waals surface area contributed by atoms with Gasteiger partial charge in [0.2, 0.25) is 0 Å². The summed E-state index contributed by atoms with van der Waals surface area (Å²) in [5.41, 5.74) is 1.42. The van der Waals surface area contributed by atoms with Crippen molar-refractivity contribution in [2.45, 2.75) is 31.3 Å². The van der Waals surface area contributed by atoms with E-state index in [1.54, 1.807) is 23.1 Å². The van der Waals surface area contributed by atoms with Crippen molar-refractivity contribution in [2.75, 3.05) is 18.1 Å². The van der Waals surface area contributed by atoms with Gasteiger partial charge in [-0.2, -0.15) is 0 Å². The first kappa shape index (κ1) is 13.1. The summed E-state index contributed by atoms with van der Waals surface area (Å²) in [6.07, 6.45) is 2.26. The van der Waals surface area contributed by atoms with E-state index in [2.05, 4.69) is 0 Å². The van der Waals surface area contributed by atoms with Crippen molar-refractivity contribution in [3.63, 3.8) is 0 Å². The highest BCUT2D eigenvalue weighted by Crippen LogP contribution is 2.37. The number of carboxylic acid groups (broad SMARTS) is 1. The molecule has 3 rings (SSSR count). The van der Waals surface area contributed by atoms with E-state index in [-0.39, 0.29) is 12.5 Å². The zero-order valence-electron chi connectivity index (χ0n) is 11.1. The minimum absolute atomic E-state index is 0.110. The Morgan fingerprint density at radius 2 is 2.05 bits per heavy atom. The Balaban J connectivity index is 1.87. The van der Waals surface area contributed by atoms with Gasteiger partial charge in [0.25, 0.3) is 5.91 Å². The van der Waals surface area contributed by atoms with Crippen molar-refractivity contribution < 1.29 is 19.4 Å². The van der Waals surface area contributed by atoms with E-state index in [1.807, 2.05) is 6.07 Å². The highest BCUT2D eigenvalue weighted by atomic mass is 16.5. The Kier molecular flexibility index (Phi) is 3.44. The summed E-state index contributed by atoms with van der Waals surface area (Å²) in [7, 11) is 0. The second-order valence-corrected chi connectivity index (χ2v) is 5.25. The van der Waals surface area contributed by atoms with Crippen molar-refractivity contribution >= 4 is 17.6 Å². The van der Waals surface area contributed by atoms with Gasteiger partial charge < -0.3 is 14.7 Å². The van der Waals surface area contributed by atoms with E-state index in [1.165, 1.54) is 0 Å². The van der Waals surface area contributed by atoms with Crippen LogP contribution in [0.3, 0.4) is 0 Å². The summed E-state index contributed by atoms with van der Waals surface area (Å²) in [6.45, 7) is 0.807. The van der Waals surface area contributed by atoms with Gasteiger partial charge in [-0.3, -0.25) is 9.59 Å². The summed E-state index contributed by atoms with van der Waals surface area (Å²) in [5.74, 6) is -1.64. The first-order valence-corrected chi connectivity index (χ1v) is 6.93. The summed E-state index contributed by atoms with van der Waals surface area (Å²) in [4.78, 5) is 25.5. The first-order valence-electron chi connectivity index (χ1n) is 6.93. The number of ether oxygens (including phenoxy) is 1. The van der Waals surface area contributed by atoms with Crippen molar-refractivity contribution in [1.82, 2.24) is 0 Å². The number of carboxylic acids is 1. The quantitative estimate of drug-likeness (QED) is 0.893. The summed E-state index contributed by atoms with van der Waals surface area (Å²) < 4.78 is 5.52. The molecule has 1 N–H and O–H groups in total. The molecule has 2 aliphatic heterocycles. The van der Waals surface area contributed by atoms with Crippen LogP contribution in [-0.2, 0) is 14.3 Å². The highest BCUT2D eigenvalue weighted by molar-refractivity contribution is 6.01.